The molecule has 0 aliphatic rings. The fourth-order valence-electron chi connectivity index (χ4n) is 3.86. The topological polar surface area (TPSA) is 82.8 Å². The van der Waals surface area contributed by atoms with Gasteiger partial charge in [0, 0.05) is 36.4 Å². The first-order chi connectivity index (χ1) is 17.3. The molecule has 0 aliphatic heterocycles. The third kappa shape index (κ3) is 6.40. The Labute approximate surface area is 219 Å². The van der Waals surface area contributed by atoms with E-state index in [9.17, 15) is 18.8 Å². The molecule has 37 heavy (non-hydrogen) atoms. The smallest absolute Gasteiger partial charge is 0.332 e. The Morgan fingerprint density at radius 3 is 2.30 bits per heavy atom. The molecule has 0 bridgehead atoms. The van der Waals surface area contributed by atoms with Crippen LogP contribution in [0.5, 0.6) is 5.75 Å². The molecule has 0 spiro atoms. The van der Waals surface area contributed by atoms with E-state index in [-0.39, 0.29) is 30.8 Å². The molecule has 198 valence electrons. The number of esters is 1. The Morgan fingerprint density at radius 1 is 1.08 bits per heavy atom. The van der Waals surface area contributed by atoms with Crippen LogP contribution in [0.4, 0.5) is 15.9 Å². The second kappa shape index (κ2) is 11.2. The number of halogens is 2. The summed E-state index contributed by atoms with van der Waals surface area (Å²) in [6, 6.07) is 12.7. The SMILES string of the molecule is COC(=O)C(C)(C)Cn1c(=O)cc(N(C)c2ccc(OC(C)C)c(F)c2)n(Cc2ccc(Cl)cc2)c1=O. The van der Waals surface area contributed by atoms with Gasteiger partial charge in [-0.25, -0.2) is 9.18 Å². The molecule has 1 heterocycles. The van der Waals surface area contributed by atoms with Crippen LogP contribution in [0.1, 0.15) is 33.3 Å². The highest BCUT2D eigenvalue weighted by Crippen LogP contribution is 2.28. The second-order valence-corrected chi connectivity index (χ2v) is 10.1. The van der Waals surface area contributed by atoms with Gasteiger partial charge >= 0.3 is 11.7 Å². The first kappa shape index (κ1) is 28.0. The number of anilines is 2. The Hall–Kier alpha value is -3.59. The molecule has 0 unspecified atom stereocenters. The lowest BCUT2D eigenvalue weighted by molar-refractivity contribution is -0.151. The highest BCUT2D eigenvalue weighted by atomic mass is 35.5. The Kier molecular flexibility index (Phi) is 8.48. The van der Waals surface area contributed by atoms with Crippen molar-refractivity contribution in [2.75, 3.05) is 19.1 Å². The Bertz CT molecular complexity index is 1400. The van der Waals surface area contributed by atoms with Crippen LogP contribution in [-0.4, -0.2) is 35.4 Å². The number of benzene rings is 2. The van der Waals surface area contributed by atoms with Crippen LogP contribution in [0.25, 0.3) is 0 Å². The zero-order chi connectivity index (χ0) is 27.5. The Balaban J connectivity index is 2.14. The molecule has 0 N–H and O–H groups in total. The van der Waals surface area contributed by atoms with Crippen LogP contribution < -0.4 is 20.9 Å². The minimum Gasteiger partial charge on any atom is -0.488 e. The summed E-state index contributed by atoms with van der Waals surface area (Å²) in [5, 5.41) is 0.539. The molecule has 0 fully saturated rings. The maximum atomic E-state index is 14.7. The van der Waals surface area contributed by atoms with Crippen molar-refractivity contribution in [2.24, 2.45) is 5.41 Å². The summed E-state index contributed by atoms with van der Waals surface area (Å²) < 4.78 is 27.5. The lowest BCUT2D eigenvalue weighted by Crippen LogP contribution is -2.46. The van der Waals surface area contributed by atoms with E-state index in [1.807, 2.05) is 0 Å². The van der Waals surface area contributed by atoms with Gasteiger partial charge in [0.25, 0.3) is 5.56 Å². The van der Waals surface area contributed by atoms with E-state index in [1.165, 1.54) is 29.9 Å². The van der Waals surface area contributed by atoms with E-state index in [4.69, 9.17) is 21.1 Å². The number of nitrogens with zero attached hydrogens (tertiary/aromatic N) is 3. The number of hydrogen-bond acceptors (Lipinski definition) is 6. The summed E-state index contributed by atoms with van der Waals surface area (Å²) in [7, 11) is 2.88. The molecular formula is C27H31ClFN3O5. The maximum absolute atomic E-state index is 14.7. The Morgan fingerprint density at radius 2 is 1.73 bits per heavy atom. The van der Waals surface area contributed by atoms with Gasteiger partial charge in [-0.05, 0) is 57.5 Å². The average molecular weight is 532 g/mol. The molecular weight excluding hydrogens is 501 g/mol. The van der Waals surface area contributed by atoms with Gasteiger partial charge in [0.2, 0.25) is 0 Å². The minimum atomic E-state index is -1.13. The molecule has 0 saturated carbocycles. The van der Waals surface area contributed by atoms with Crippen LogP contribution in [-0.2, 0) is 22.6 Å². The molecule has 0 aliphatic carbocycles. The number of hydrogen-bond donors (Lipinski definition) is 0. The minimum absolute atomic E-state index is 0.103. The molecule has 8 nitrogen and oxygen atoms in total. The van der Waals surface area contributed by atoms with Gasteiger partial charge < -0.3 is 14.4 Å². The monoisotopic (exact) mass is 531 g/mol. The number of ether oxygens (including phenoxy) is 2. The van der Waals surface area contributed by atoms with Crippen LogP contribution in [0.15, 0.2) is 58.1 Å². The van der Waals surface area contributed by atoms with Crippen molar-refractivity contribution in [1.29, 1.82) is 0 Å². The first-order valence-corrected chi connectivity index (χ1v) is 12.1. The molecule has 2 aromatic carbocycles. The lowest BCUT2D eigenvalue weighted by Gasteiger charge is -2.27. The molecule has 0 radical (unpaired) electrons. The van der Waals surface area contributed by atoms with Crippen LogP contribution in [0, 0.1) is 11.2 Å². The molecule has 3 rings (SSSR count). The van der Waals surface area contributed by atoms with Crippen molar-refractivity contribution in [3.63, 3.8) is 0 Å². The van der Waals surface area contributed by atoms with Gasteiger partial charge in [0.1, 0.15) is 5.82 Å². The van der Waals surface area contributed by atoms with Crippen molar-refractivity contribution in [3.8, 4) is 5.75 Å². The van der Waals surface area contributed by atoms with Crippen LogP contribution in [0.2, 0.25) is 5.02 Å². The maximum Gasteiger partial charge on any atom is 0.332 e. The highest BCUT2D eigenvalue weighted by molar-refractivity contribution is 6.30. The molecule has 0 amide bonds. The zero-order valence-corrected chi connectivity index (χ0v) is 22.5. The third-order valence-electron chi connectivity index (χ3n) is 5.81. The summed E-state index contributed by atoms with van der Waals surface area (Å²) in [6.07, 6.45) is -0.204. The lowest BCUT2D eigenvalue weighted by atomic mass is 9.93. The van der Waals surface area contributed by atoms with E-state index in [0.717, 1.165) is 10.1 Å². The quantitative estimate of drug-likeness (QED) is 0.375. The van der Waals surface area contributed by atoms with E-state index in [2.05, 4.69) is 0 Å². The number of carbonyl (C=O) groups is 1. The third-order valence-corrected chi connectivity index (χ3v) is 6.06. The number of methoxy groups -OCH3 is 1. The van der Waals surface area contributed by atoms with Crippen molar-refractivity contribution in [1.82, 2.24) is 9.13 Å². The summed E-state index contributed by atoms with van der Waals surface area (Å²) in [4.78, 5) is 40.6. The van der Waals surface area contributed by atoms with E-state index in [0.29, 0.717) is 10.7 Å². The standard InChI is InChI=1S/C27H31ClFN3O5/c1-17(2)37-22-12-11-20(13-21(22)29)30(5)23-14-24(33)32(16-27(3,4)25(34)36-6)26(35)31(23)15-18-7-9-19(28)10-8-18/h7-14,17H,15-16H2,1-6H3. The largest absolute Gasteiger partial charge is 0.488 e. The summed E-state index contributed by atoms with van der Waals surface area (Å²) >= 11 is 6.02. The fourth-order valence-corrected chi connectivity index (χ4v) is 3.99. The van der Waals surface area contributed by atoms with Gasteiger partial charge in [0.05, 0.1) is 25.2 Å². The van der Waals surface area contributed by atoms with Crippen molar-refractivity contribution in [2.45, 2.75) is 46.9 Å². The molecule has 3 aromatic rings. The van der Waals surface area contributed by atoms with Gasteiger partial charge in [-0.2, -0.15) is 0 Å². The normalized spacial score (nSPS) is 11.5. The van der Waals surface area contributed by atoms with Gasteiger partial charge in [-0.3, -0.25) is 18.7 Å². The molecule has 0 saturated heterocycles. The molecule has 10 heteroatoms. The summed E-state index contributed by atoms with van der Waals surface area (Å²) in [5.74, 6) is -0.776. The van der Waals surface area contributed by atoms with Crippen molar-refractivity contribution < 1.29 is 18.7 Å². The fraction of sp³-hybridized carbons (Fsp3) is 0.370. The molecule has 1 aromatic heterocycles. The predicted octanol–water partition coefficient (Wildman–Crippen LogP) is 4.61. The van der Waals surface area contributed by atoms with Crippen LogP contribution >= 0.6 is 11.6 Å². The van der Waals surface area contributed by atoms with E-state index < -0.39 is 28.5 Å². The highest BCUT2D eigenvalue weighted by Gasteiger charge is 2.31. The van der Waals surface area contributed by atoms with Gasteiger partial charge in [-0.1, -0.05) is 23.7 Å². The number of aromatic nitrogens is 2. The van der Waals surface area contributed by atoms with Gasteiger partial charge in [-0.15, -0.1) is 0 Å². The van der Waals surface area contributed by atoms with E-state index >= 15 is 0 Å². The summed E-state index contributed by atoms with van der Waals surface area (Å²) in [6.45, 7) is 6.70. The van der Waals surface area contributed by atoms with E-state index in [1.54, 1.807) is 70.0 Å². The van der Waals surface area contributed by atoms with Gasteiger partial charge in [0.15, 0.2) is 11.6 Å². The second-order valence-electron chi connectivity index (χ2n) is 9.64. The van der Waals surface area contributed by atoms with Crippen LogP contribution in [0.3, 0.4) is 0 Å². The average Bonchev–Trinajstić information content (AvgIpc) is 2.84. The van der Waals surface area contributed by atoms with Crippen molar-refractivity contribution >= 4 is 29.1 Å². The zero-order valence-electron chi connectivity index (χ0n) is 21.7. The number of carbonyl (C=O) groups excluding carboxylic acids is 1. The predicted molar refractivity (Wildman–Crippen MR) is 142 cm³/mol. The molecule has 0 atom stereocenters. The van der Waals surface area contributed by atoms with Crippen molar-refractivity contribution in [3.05, 3.63) is 85.8 Å². The summed E-state index contributed by atoms with van der Waals surface area (Å²) in [5.41, 5.74) is -1.19. The first-order valence-electron chi connectivity index (χ1n) is 11.7. The number of rotatable bonds is 9.